The molecule has 2 aromatic rings. The summed E-state index contributed by atoms with van der Waals surface area (Å²) >= 11 is 7.78. The standard InChI is InChI=1S/C18H18ClN3O3S/c1-2-24-18(23)16-6-13(21-22-16)10-26-9-12-5-17(12)25-14-4-3-11(8-20)15(19)7-14/h3-4,6-7,12,17H,2,5,9-10H2,1H3,(H,21,22). The Balaban J connectivity index is 1.40. The number of thioether (sulfide) groups is 1. The molecule has 8 heteroatoms. The molecule has 1 aliphatic carbocycles. The highest BCUT2D eigenvalue weighted by atomic mass is 35.5. The minimum absolute atomic E-state index is 0.184. The van der Waals surface area contributed by atoms with Crippen LogP contribution in [0, 0.1) is 17.2 Å². The molecule has 0 radical (unpaired) electrons. The fraction of sp³-hybridized carbons (Fsp3) is 0.389. The van der Waals surface area contributed by atoms with Crippen LogP contribution in [0.5, 0.6) is 5.75 Å². The summed E-state index contributed by atoms with van der Waals surface area (Å²) in [7, 11) is 0. The van der Waals surface area contributed by atoms with Gasteiger partial charge in [-0.1, -0.05) is 11.6 Å². The second-order valence-electron chi connectivity index (χ2n) is 5.92. The maximum Gasteiger partial charge on any atom is 0.358 e. The van der Waals surface area contributed by atoms with Gasteiger partial charge in [-0.3, -0.25) is 5.10 Å². The number of nitrogens with one attached hydrogen (secondary N) is 1. The number of benzene rings is 1. The first-order chi connectivity index (χ1) is 12.6. The van der Waals surface area contributed by atoms with E-state index in [0.29, 0.717) is 34.6 Å². The molecule has 1 aromatic heterocycles. The lowest BCUT2D eigenvalue weighted by Crippen LogP contribution is -2.04. The van der Waals surface area contributed by atoms with Gasteiger partial charge in [-0.2, -0.15) is 22.1 Å². The molecule has 6 nitrogen and oxygen atoms in total. The Bertz CT molecular complexity index is 833. The van der Waals surface area contributed by atoms with Gasteiger partial charge in [0.05, 0.1) is 17.2 Å². The Labute approximate surface area is 160 Å². The Kier molecular flexibility index (Phi) is 6.07. The number of H-pyrrole nitrogens is 1. The molecule has 0 aliphatic heterocycles. The van der Waals surface area contributed by atoms with Crippen molar-refractivity contribution in [2.45, 2.75) is 25.2 Å². The summed E-state index contributed by atoms with van der Waals surface area (Å²) in [6.07, 6.45) is 1.19. The second-order valence-corrected chi connectivity index (χ2v) is 7.36. The van der Waals surface area contributed by atoms with E-state index in [1.807, 2.05) is 6.07 Å². The van der Waals surface area contributed by atoms with Gasteiger partial charge in [-0.05, 0) is 31.5 Å². The summed E-state index contributed by atoms with van der Waals surface area (Å²) in [4.78, 5) is 11.6. The number of aromatic nitrogens is 2. The van der Waals surface area contributed by atoms with Crippen LogP contribution in [0.15, 0.2) is 24.3 Å². The van der Waals surface area contributed by atoms with Crippen molar-refractivity contribution >= 4 is 29.3 Å². The number of carbonyl (C=O) groups excluding carboxylic acids is 1. The van der Waals surface area contributed by atoms with Crippen molar-refractivity contribution in [3.8, 4) is 11.8 Å². The van der Waals surface area contributed by atoms with Crippen molar-refractivity contribution in [1.82, 2.24) is 10.2 Å². The lowest BCUT2D eigenvalue weighted by atomic mass is 10.2. The molecule has 26 heavy (non-hydrogen) atoms. The fourth-order valence-electron chi connectivity index (χ4n) is 2.44. The van der Waals surface area contributed by atoms with E-state index in [2.05, 4.69) is 10.2 Å². The van der Waals surface area contributed by atoms with E-state index in [9.17, 15) is 4.79 Å². The topological polar surface area (TPSA) is 88.0 Å². The van der Waals surface area contributed by atoms with Crippen LogP contribution in [0.25, 0.3) is 0 Å². The van der Waals surface area contributed by atoms with Crippen LogP contribution < -0.4 is 4.74 Å². The van der Waals surface area contributed by atoms with Gasteiger partial charge in [0, 0.05) is 29.2 Å². The first-order valence-corrected chi connectivity index (χ1v) is 9.79. The van der Waals surface area contributed by atoms with Gasteiger partial charge in [0.2, 0.25) is 0 Å². The van der Waals surface area contributed by atoms with Crippen LogP contribution in [-0.2, 0) is 10.5 Å². The maximum absolute atomic E-state index is 11.6. The first kappa shape index (κ1) is 18.6. The zero-order valence-electron chi connectivity index (χ0n) is 14.2. The molecule has 1 aromatic carbocycles. The van der Waals surface area contributed by atoms with E-state index < -0.39 is 5.97 Å². The number of rotatable bonds is 8. The number of ether oxygens (including phenoxy) is 2. The third kappa shape index (κ3) is 4.71. The normalized spacial score (nSPS) is 18.2. The lowest BCUT2D eigenvalue weighted by Gasteiger charge is -2.06. The van der Waals surface area contributed by atoms with Gasteiger partial charge >= 0.3 is 5.97 Å². The highest BCUT2D eigenvalue weighted by molar-refractivity contribution is 7.98. The van der Waals surface area contributed by atoms with Gasteiger partial charge in [0.15, 0.2) is 5.69 Å². The van der Waals surface area contributed by atoms with E-state index in [1.54, 1.807) is 43.0 Å². The zero-order valence-corrected chi connectivity index (χ0v) is 15.8. The van der Waals surface area contributed by atoms with Crippen LogP contribution in [0.4, 0.5) is 0 Å². The quantitative estimate of drug-likeness (QED) is 0.688. The number of nitriles is 1. The first-order valence-electron chi connectivity index (χ1n) is 8.26. The van der Waals surface area contributed by atoms with Gasteiger partial charge < -0.3 is 9.47 Å². The number of hydrogen-bond donors (Lipinski definition) is 1. The number of carbonyl (C=O) groups is 1. The number of esters is 1. The molecular formula is C18H18ClN3O3S. The number of nitrogens with zero attached hydrogens (tertiary/aromatic N) is 2. The summed E-state index contributed by atoms with van der Waals surface area (Å²) in [6, 6.07) is 8.89. The number of hydrogen-bond acceptors (Lipinski definition) is 6. The molecule has 0 spiro atoms. The molecule has 1 N–H and O–H groups in total. The van der Waals surface area contributed by atoms with E-state index in [1.165, 1.54) is 0 Å². The lowest BCUT2D eigenvalue weighted by molar-refractivity contribution is 0.0519. The van der Waals surface area contributed by atoms with Crippen LogP contribution in [0.1, 0.15) is 35.1 Å². The van der Waals surface area contributed by atoms with Gasteiger partial charge in [-0.15, -0.1) is 0 Å². The van der Waals surface area contributed by atoms with Crippen molar-refractivity contribution in [3.63, 3.8) is 0 Å². The fourth-order valence-corrected chi connectivity index (χ4v) is 3.79. The van der Waals surface area contributed by atoms with E-state index in [4.69, 9.17) is 26.3 Å². The van der Waals surface area contributed by atoms with Crippen LogP contribution in [0.3, 0.4) is 0 Å². The van der Waals surface area contributed by atoms with Crippen molar-refractivity contribution < 1.29 is 14.3 Å². The van der Waals surface area contributed by atoms with E-state index in [0.717, 1.165) is 23.6 Å². The molecule has 2 unspecified atom stereocenters. The number of halogens is 1. The van der Waals surface area contributed by atoms with Gasteiger partial charge in [0.1, 0.15) is 17.9 Å². The molecule has 0 amide bonds. The molecule has 0 saturated heterocycles. The molecule has 3 rings (SSSR count). The van der Waals surface area contributed by atoms with Crippen LogP contribution >= 0.6 is 23.4 Å². The highest BCUT2D eigenvalue weighted by Crippen LogP contribution is 2.38. The molecule has 1 aliphatic rings. The van der Waals surface area contributed by atoms with Crippen molar-refractivity contribution in [1.29, 1.82) is 5.26 Å². The van der Waals surface area contributed by atoms with Crippen LogP contribution in [-0.4, -0.2) is 34.6 Å². The molecule has 1 heterocycles. The van der Waals surface area contributed by atoms with Crippen molar-refractivity contribution in [2.75, 3.05) is 12.4 Å². The maximum atomic E-state index is 11.6. The smallest absolute Gasteiger partial charge is 0.358 e. The molecule has 1 fully saturated rings. The van der Waals surface area contributed by atoms with Gasteiger partial charge in [-0.25, -0.2) is 4.79 Å². The van der Waals surface area contributed by atoms with Crippen molar-refractivity contribution in [2.24, 2.45) is 5.92 Å². The second kappa shape index (κ2) is 8.47. The minimum atomic E-state index is -0.406. The monoisotopic (exact) mass is 391 g/mol. The summed E-state index contributed by atoms with van der Waals surface area (Å²) < 4.78 is 10.8. The Morgan fingerprint density at radius 1 is 1.50 bits per heavy atom. The third-order valence-corrected chi connectivity index (χ3v) is 5.40. The Morgan fingerprint density at radius 3 is 3.08 bits per heavy atom. The molecule has 136 valence electrons. The average molecular weight is 392 g/mol. The summed E-state index contributed by atoms with van der Waals surface area (Å²) in [6.45, 7) is 2.10. The van der Waals surface area contributed by atoms with E-state index in [-0.39, 0.29) is 6.10 Å². The number of aromatic amines is 1. The third-order valence-electron chi connectivity index (χ3n) is 3.91. The summed E-state index contributed by atoms with van der Waals surface area (Å²) in [5.74, 6) is 2.48. The largest absolute Gasteiger partial charge is 0.490 e. The predicted molar refractivity (Wildman–Crippen MR) is 99.4 cm³/mol. The van der Waals surface area contributed by atoms with E-state index >= 15 is 0 Å². The summed E-state index contributed by atoms with van der Waals surface area (Å²) in [5.41, 5.74) is 1.66. The van der Waals surface area contributed by atoms with Crippen LogP contribution in [0.2, 0.25) is 5.02 Å². The SMILES string of the molecule is CCOC(=O)c1cc(CSCC2CC2Oc2ccc(C#N)c(Cl)c2)[nH]n1. The predicted octanol–water partition coefficient (Wildman–Crippen LogP) is 3.81. The zero-order chi connectivity index (χ0) is 18.5. The Morgan fingerprint density at radius 2 is 2.35 bits per heavy atom. The Hall–Kier alpha value is -2.17. The van der Waals surface area contributed by atoms with Crippen molar-refractivity contribution in [3.05, 3.63) is 46.2 Å². The minimum Gasteiger partial charge on any atom is -0.490 e. The molecule has 2 atom stereocenters. The highest BCUT2D eigenvalue weighted by Gasteiger charge is 2.39. The summed E-state index contributed by atoms with van der Waals surface area (Å²) in [5, 5.41) is 16.1. The molecule has 1 saturated carbocycles. The molecule has 0 bridgehead atoms. The molecular weight excluding hydrogens is 374 g/mol. The van der Waals surface area contributed by atoms with Gasteiger partial charge in [0.25, 0.3) is 0 Å². The average Bonchev–Trinajstić information content (AvgIpc) is 3.17.